The van der Waals surface area contributed by atoms with Crippen LogP contribution < -0.4 is 0 Å². The van der Waals surface area contributed by atoms with Crippen molar-refractivity contribution in [1.82, 2.24) is 0 Å². The number of hydrogen-bond acceptors (Lipinski definition) is 0. The van der Waals surface area contributed by atoms with Gasteiger partial charge in [0, 0.05) is 0 Å². The van der Waals surface area contributed by atoms with E-state index in [9.17, 15) is 0 Å². The van der Waals surface area contributed by atoms with E-state index in [1.807, 2.05) is 27.7 Å². The fourth-order valence-electron chi connectivity index (χ4n) is 1.53. The summed E-state index contributed by atoms with van der Waals surface area (Å²) in [7, 11) is 0. The molecule has 0 heterocycles. The minimum absolute atomic E-state index is 1.08. The zero-order chi connectivity index (χ0) is 11.5. The number of rotatable bonds is 0. The second-order valence-corrected chi connectivity index (χ2v) is 2.96. The first-order chi connectivity index (χ1) is 7.47. The van der Waals surface area contributed by atoms with Gasteiger partial charge >= 0.3 is 0 Å². The van der Waals surface area contributed by atoms with Gasteiger partial charge in [0.25, 0.3) is 0 Å². The van der Waals surface area contributed by atoms with Crippen molar-refractivity contribution in [3.05, 3.63) is 47.6 Å². The maximum Gasteiger partial charge on any atom is -0.0163 e. The van der Waals surface area contributed by atoms with E-state index in [2.05, 4.69) is 36.5 Å². The molecule has 0 bridgehead atoms. The molecule has 0 nitrogen and oxygen atoms in total. The predicted octanol–water partition coefficient (Wildman–Crippen LogP) is 5.20. The third-order valence-electron chi connectivity index (χ3n) is 2.14. The molecule has 0 unspecified atom stereocenters. The Morgan fingerprint density at radius 2 is 1.40 bits per heavy atom. The normalized spacial score (nSPS) is 16.8. The van der Waals surface area contributed by atoms with Crippen molar-refractivity contribution in [2.24, 2.45) is 0 Å². The Labute approximate surface area is 95.1 Å². The molecule has 0 atom stereocenters. The molecule has 0 aromatic rings. The van der Waals surface area contributed by atoms with Crippen LogP contribution in [-0.2, 0) is 0 Å². The quantitative estimate of drug-likeness (QED) is 0.508. The number of allylic oxidation sites excluding steroid dienone is 8. The lowest BCUT2D eigenvalue weighted by molar-refractivity contribution is 0.979. The first-order valence-corrected chi connectivity index (χ1v) is 6.19. The second-order valence-electron chi connectivity index (χ2n) is 2.96. The Bertz CT molecular complexity index is 262. The van der Waals surface area contributed by atoms with E-state index in [0.29, 0.717) is 0 Å². The molecular formula is C15H24. The first-order valence-electron chi connectivity index (χ1n) is 6.19. The lowest BCUT2D eigenvalue weighted by Crippen LogP contribution is -1.88. The molecule has 0 spiro atoms. The van der Waals surface area contributed by atoms with Crippen molar-refractivity contribution in [1.29, 1.82) is 0 Å². The van der Waals surface area contributed by atoms with E-state index in [0.717, 1.165) is 6.42 Å². The van der Waals surface area contributed by atoms with Gasteiger partial charge in [-0.25, -0.2) is 0 Å². The highest BCUT2D eigenvalue weighted by molar-refractivity contribution is 5.44. The smallest absolute Gasteiger partial charge is 0.0163 e. The molecule has 0 saturated carbocycles. The Balaban J connectivity index is 0.000000442. The zero-order valence-electron chi connectivity index (χ0n) is 10.6. The fraction of sp³-hybridized carbons (Fsp3) is 0.467. The van der Waals surface area contributed by atoms with Gasteiger partial charge in [-0.15, -0.1) is 0 Å². The summed E-state index contributed by atoms with van der Waals surface area (Å²) in [6.45, 7) is 8.00. The van der Waals surface area contributed by atoms with Crippen LogP contribution in [0.5, 0.6) is 0 Å². The molecule has 2 aliphatic rings. The molecule has 0 radical (unpaired) electrons. The monoisotopic (exact) mass is 204 g/mol. The molecule has 84 valence electrons. The average Bonchev–Trinajstić information content (AvgIpc) is 2.59. The molecule has 2 rings (SSSR count). The average molecular weight is 204 g/mol. The lowest BCUT2D eigenvalue weighted by Gasteiger charge is -2.07. The van der Waals surface area contributed by atoms with Crippen LogP contribution in [0.3, 0.4) is 0 Å². The first kappa shape index (κ1) is 14.0. The molecule has 0 saturated heterocycles. The molecule has 0 aliphatic heterocycles. The van der Waals surface area contributed by atoms with E-state index in [-0.39, 0.29) is 0 Å². The third-order valence-corrected chi connectivity index (χ3v) is 2.14. The molecule has 0 aromatic heterocycles. The van der Waals surface area contributed by atoms with Crippen molar-refractivity contribution in [3.8, 4) is 0 Å². The maximum atomic E-state index is 2.26. The van der Waals surface area contributed by atoms with Gasteiger partial charge in [0.15, 0.2) is 0 Å². The van der Waals surface area contributed by atoms with Crippen molar-refractivity contribution in [3.63, 3.8) is 0 Å². The van der Waals surface area contributed by atoms with Gasteiger partial charge in [-0.1, -0.05) is 64.2 Å². The van der Waals surface area contributed by atoms with Gasteiger partial charge in [-0.2, -0.15) is 0 Å². The highest BCUT2D eigenvalue weighted by Gasteiger charge is 2.03. The molecule has 0 aromatic carbocycles. The zero-order valence-corrected chi connectivity index (χ0v) is 10.6. The highest BCUT2D eigenvalue weighted by Crippen LogP contribution is 2.22. The van der Waals surface area contributed by atoms with Gasteiger partial charge in [0.1, 0.15) is 0 Å². The van der Waals surface area contributed by atoms with Crippen LogP contribution in [0.25, 0.3) is 0 Å². The summed E-state index contributed by atoms with van der Waals surface area (Å²) in [4.78, 5) is 0. The molecule has 15 heavy (non-hydrogen) atoms. The Hall–Kier alpha value is -1.04. The lowest BCUT2D eigenvalue weighted by atomic mass is 9.98. The van der Waals surface area contributed by atoms with Gasteiger partial charge in [-0.05, 0) is 30.4 Å². The van der Waals surface area contributed by atoms with Crippen molar-refractivity contribution < 1.29 is 0 Å². The maximum absolute atomic E-state index is 2.26. The molecule has 0 amide bonds. The largest absolute Gasteiger partial charge is 0.0836 e. The van der Waals surface area contributed by atoms with Gasteiger partial charge in [0.2, 0.25) is 0 Å². The third kappa shape index (κ3) is 4.83. The standard InChI is InChI=1S/C11H12.2C2H6/c1-2-6-10-8-4-5-9-11(10)7-3-1;2*1-2/h2-4,6-8H,1,5,9H2;2*1-2H3. The van der Waals surface area contributed by atoms with Gasteiger partial charge < -0.3 is 0 Å². The Kier molecular flexibility index (Phi) is 8.85. The summed E-state index contributed by atoms with van der Waals surface area (Å²) in [5, 5.41) is 0. The van der Waals surface area contributed by atoms with E-state index >= 15 is 0 Å². The summed E-state index contributed by atoms with van der Waals surface area (Å²) in [5.41, 5.74) is 2.91. The van der Waals surface area contributed by atoms with Gasteiger partial charge in [0.05, 0.1) is 0 Å². The summed E-state index contributed by atoms with van der Waals surface area (Å²) < 4.78 is 0. The van der Waals surface area contributed by atoms with Crippen LogP contribution in [0.2, 0.25) is 0 Å². The minimum Gasteiger partial charge on any atom is -0.0836 e. The predicted molar refractivity (Wildman–Crippen MR) is 71.0 cm³/mol. The van der Waals surface area contributed by atoms with Crippen LogP contribution in [0.4, 0.5) is 0 Å². The molecule has 0 N–H and O–H groups in total. The second kappa shape index (κ2) is 9.51. The SMILES string of the molecule is C1=CC2=C(C=CC1)CCC=C2.CC.CC. The van der Waals surface area contributed by atoms with Crippen LogP contribution in [0.1, 0.15) is 47.0 Å². The summed E-state index contributed by atoms with van der Waals surface area (Å²) in [5.74, 6) is 0. The molecule has 0 fully saturated rings. The van der Waals surface area contributed by atoms with Crippen molar-refractivity contribution >= 4 is 0 Å². The van der Waals surface area contributed by atoms with E-state index in [1.165, 1.54) is 24.0 Å². The topological polar surface area (TPSA) is 0 Å². The molecular weight excluding hydrogens is 180 g/mol. The summed E-state index contributed by atoms with van der Waals surface area (Å²) >= 11 is 0. The van der Waals surface area contributed by atoms with Crippen LogP contribution in [0, 0.1) is 0 Å². The van der Waals surface area contributed by atoms with Crippen molar-refractivity contribution in [2.75, 3.05) is 0 Å². The molecule has 2 aliphatic carbocycles. The molecule has 0 heteroatoms. The Morgan fingerprint density at radius 1 is 0.800 bits per heavy atom. The van der Waals surface area contributed by atoms with Crippen molar-refractivity contribution in [2.45, 2.75) is 47.0 Å². The Morgan fingerprint density at radius 3 is 2.13 bits per heavy atom. The minimum atomic E-state index is 1.08. The van der Waals surface area contributed by atoms with Gasteiger partial charge in [-0.3, -0.25) is 0 Å². The highest BCUT2D eigenvalue weighted by atomic mass is 14.1. The fourth-order valence-corrected chi connectivity index (χ4v) is 1.53. The van der Waals surface area contributed by atoms with E-state index in [1.54, 1.807) is 0 Å². The van der Waals surface area contributed by atoms with Crippen LogP contribution in [-0.4, -0.2) is 0 Å². The number of hydrogen-bond donors (Lipinski definition) is 0. The van der Waals surface area contributed by atoms with Crippen LogP contribution in [0.15, 0.2) is 47.6 Å². The van der Waals surface area contributed by atoms with E-state index in [4.69, 9.17) is 0 Å². The summed E-state index contributed by atoms with van der Waals surface area (Å²) in [6.07, 6.45) is 16.9. The van der Waals surface area contributed by atoms with E-state index < -0.39 is 0 Å². The summed E-state index contributed by atoms with van der Waals surface area (Å²) in [6, 6.07) is 0. The van der Waals surface area contributed by atoms with Crippen LogP contribution >= 0.6 is 0 Å².